The number of benzene rings is 1. The number of hydrogen-bond acceptors (Lipinski definition) is 6. The highest BCUT2D eigenvalue weighted by molar-refractivity contribution is 7.90. The van der Waals surface area contributed by atoms with Gasteiger partial charge in [0.2, 0.25) is 0 Å². The molecule has 0 aliphatic carbocycles. The number of sulfone groups is 1. The minimum absolute atomic E-state index is 0.113. The predicted molar refractivity (Wildman–Crippen MR) is 97.9 cm³/mol. The molecule has 8 heteroatoms. The molecule has 0 aliphatic rings. The van der Waals surface area contributed by atoms with E-state index in [1.165, 1.54) is 17.4 Å². The molecule has 2 aromatic heterocycles. The second kappa shape index (κ2) is 6.51. The summed E-state index contributed by atoms with van der Waals surface area (Å²) in [5.74, 6) is 0. The predicted octanol–water partition coefficient (Wildman–Crippen LogP) is 4.31. The Morgan fingerprint density at radius 3 is 2.67 bits per heavy atom. The van der Waals surface area contributed by atoms with Crippen molar-refractivity contribution >= 4 is 43.6 Å². The van der Waals surface area contributed by atoms with E-state index in [4.69, 9.17) is 11.6 Å². The molecule has 3 aromatic rings. The zero-order chi connectivity index (χ0) is 17.3. The lowest BCUT2D eigenvalue weighted by Gasteiger charge is -2.06. The molecule has 0 aliphatic heterocycles. The van der Waals surface area contributed by atoms with E-state index in [1.807, 2.05) is 24.4 Å². The summed E-state index contributed by atoms with van der Waals surface area (Å²) in [6.45, 7) is 1.93. The molecular formula is C16H14ClN3O2S2. The van der Waals surface area contributed by atoms with Gasteiger partial charge in [0.05, 0.1) is 15.6 Å². The second-order valence-electron chi connectivity index (χ2n) is 5.27. The molecule has 5 nitrogen and oxygen atoms in total. The highest BCUT2D eigenvalue weighted by atomic mass is 35.5. The van der Waals surface area contributed by atoms with Gasteiger partial charge >= 0.3 is 0 Å². The molecule has 0 atom stereocenters. The molecule has 0 spiro atoms. The fourth-order valence-electron chi connectivity index (χ4n) is 2.17. The molecule has 0 saturated heterocycles. The van der Waals surface area contributed by atoms with Crippen molar-refractivity contribution in [2.75, 3.05) is 11.6 Å². The lowest BCUT2D eigenvalue weighted by Crippen LogP contribution is -1.99. The summed E-state index contributed by atoms with van der Waals surface area (Å²) in [6, 6.07) is 8.61. The Labute approximate surface area is 149 Å². The van der Waals surface area contributed by atoms with Crippen LogP contribution in [0.3, 0.4) is 0 Å². The molecule has 24 heavy (non-hydrogen) atoms. The fourth-order valence-corrected chi connectivity index (χ4v) is 4.24. The zero-order valence-corrected chi connectivity index (χ0v) is 15.3. The van der Waals surface area contributed by atoms with Crippen LogP contribution in [0.1, 0.15) is 5.69 Å². The third-order valence-corrected chi connectivity index (χ3v) is 5.62. The van der Waals surface area contributed by atoms with Crippen LogP contribution in [0.15, 0.2) is 46.8 Å². The van der Waals surface area contributed by atoms with E-state index in [9.17, 15) is 8.42 Å². The summed E-state index contributed by atoms with van der Waals surface area (Å²) < 4.78 is 23.2. The molecule has 1 aromatic carbocycles. The van der Waals surface area contributed by atoms with E-state index in [-0.39, 0.29) is 9.92 Å². The normalized spacial score (nSPS) is 11.5. The van der Waals surface area contributed by atoms with Crippen LogP contribution < -0.4 is 5.32 Å². The van der Waals surface area contributed by atoms with E-state index in [1.54, 1.807) is 18.3 Å². The Balaban J connectivity index is 1.84. The fraction of sp³-hybridized carbons (Fsp3) is 0.125. The van der Waals surface area contributed by atoms with Gasteiger partial charge in [-0.25, -0.2) is 13.4 Å². The Hall–Kier alpha value is -1.96. The first-order valence-electron chi connectivity index (χ1n) is 6.98. The number of pyridine rings is 1. The van der Waals surface area contributed by atoms with Gasteiger partial charge in [0, 0.05) is 34.8 Å². The molecule has 0 radical (unpaired) electrons. The molecule has 0 bridgehead atoms. The summed E-state index contributed by atoms with van der Waals surface area (Å²) in [4.78, 5) is 8.82. The van der Waals surface area contributed by atoms with Crippen LogP contribution in [0, 0.1) is 6.92 Å². The van der Waals surface area contributed by atoms with E-state index in [2.05, 4.69) is 15.3 Å². The van der Waals surface area contributed by atoms with Crippen LogP contribution in [0.25, 0.3) is 11.3 Å². The van der Waals surface area contributed by atoms with Gasteiger partial charge in [0.25, 0.3) is 0 Å². The molecule has 1 N–H and O–H groups in total. The molecule has 0 saturated carbocycles. The Morgan fingerprint density at radius 1 is 1.21 bits per heavy atom. The number of anilines is 2. The van der Waals surface area contributed by atoms with Crippen LogP contribution in [0.5, 0.6) is 0 Å². The molecular weight excluding hydrogens is 366 g/mol. The van der Waals surface area contributed by atoms with Crippen molar-refractivity contribution in [1.82, 2.24) is 9.97 Å². The standard InChI is InChI=1S/C16H14ClN3O2S2/c1-10-7-11(5-6-18-10)14-9-23-16(20-14)19-12-3-4-15(13(17)8-12)24(2,21)22/h3-9H,1-2H3,(H,19,20). The highest BCUT2D eigenvalue weighted by Gasteiger charge is 2.13. The SMILES string of the molecule is Cc1cc(-c2csc(Nc3ccc(S(C)(=O)=O)c(Cl)c3)n2)ccn1. The van der Waals surface area contributed by atoms with Gasteiger partial charge in [-0.1, -0.05) is 11.6 Å². The van der Waals surface area contributed by atoms with Gasteiger partial charge in [-0.05, 0) is 37.3 Å². The minimum atomic E-state index is -3.34. The van der Waals surface area contributed by atoms with Crippen molar-refractivity contribution in [1.29, 1.82) is 0 Å². The number of nitrogens with one attached hydrogen (secondary N) is 1. The lowest BCUT2D eigenvalue weighted by atomic mass is 10.2. The number of thiazole rings is 1. The van der Waals surface area contributed by atoms with Gasteiger partial charge in [0.15, 0.2) is 15.0 Å². The van der Waals surface area contributed by atoms with Gasteiger partial charge in [-0.15, -0.1) is 11.3 Å². The number of aromatic nitrogens is 2. The molecule has 3 rings (SSSR count). The number of hydrogen-bond donors (Lipinski definition) is 1. The summed E-state index contributed by atoms with van der Waals surface area (Å²) in [7, 11) is -3.34. The first-order valence-corrected chi connectivity index (χ1v) is 10.1. The molecule has 2 heterocycles. The first kappa shape index (κ1) is 16.9. The van der Waals surface area contributed by atoms with Crippen LogP contribution in [-0.4, -0.2) is 24.6 Å². The summed E-state index contributed by atoms with van der Waals surface area (Å²) >= 11 is 7.51. The molecule has 0 fully saturated rings. The largest absolute Gasteiger partial charge is 0.331 e. The summed E-state index contributed by atoms with van der Waals surface area (Å²) in [5.41, 5.74) is 3.46. The molecule has 0 unspecified atom stereocenters. The van der Waals surface area contributed by atoms with Crippen molar-refractivity contribution < 1.29 is 8.42 Å². The zero-order valence-electron chi connectivity index (χ0n) is 12.9. The number of aryl methyl sites for hydroxylation is 1. The maximum Gasteiger partial charge on any atom is 0.187 e. The number of rotatable bonds is 4. The third kappa shape index (κ3) is 3.75. The topological polar surface area (TPSA) is 72.0 Å². The second-order valence-corrected chi connectivity index (χ2v) is 8.52. The van der Waals surface area contributed by atoms with Crippen molar-refractivity contribution in [3.63, 3.8) is 0 Å². The van der Waals surface area contributed by atoms with Crippen LogP contribution >= 0.6 is 22.9 Å². The van der Waals surface area contributed by atoms with Gasteiger partial charge in [0.1, 0.15) is 0 Å². The maximum absolute atomic E-state index is 11.6. The average Bonchev–Trinajstić information content (AvgIpc) is 2.94. The number of halogens is 1. The third-order valence-electron chi connectivity index (χ3n) is 3.28. The summed E-state index contributed by atoms with van der Waals surface area (Å²) in [5, 5.41) is 5.97. The van der Waals surface area contributed by atoms with Crippen molar-refractivity contribution in [2.45, 2.75) is 11.8 Å². The monoisotopic (exact) mass is 379 g/mol. The van der Waals surface area contributed by atoms with Crippen molar-refractivity contribution in [3.8, 4) is 11.3 Å². The van der Waals surface area contributed by atoms with E-state index in [0.717, 1.165) is 23.2 Å². The Kier molecular flexibility index (Phi) is 4.58. The van der Waals surface area contributed by atoms with Crippen LogP contribution in [-0.2, 0) is 9.84 Å². The molecule has 124 valence electrons. The van der Waals surface area contributed by atoms with Crippen molar-refractivity contribution in [3.05, 3.63) is 52.6 Å². The Morgan fingerprint density at radius 2 is 2.00 bits per heavy atom. The quantitative estimate of drug-likeness (QED) is 0.731. The maximum atomic E-state index is 11.6. The molecule has 0 amide bonds. The Bertz CT molecular complexity index is 1000. The van der Waals surface area contributed by atoms with Gasteiger partial charge in [-0.2, -0.15) is 0 Å². The van der Waals surface area contributed by atoms with Gasteiger partial charge < -0.3 is 5.32 Å². The van der Waals surface area contributed by atoms with E-state index in [0.29, 0.717) is 10.8 Å². The highest BCUT2D eigenvalue weighted by Crippen LogP contribution is 2.30. The lowest BCUT2D eigenvalue weighted by molar-refractivity contribution is 0.602. The average molecular weight is 380 g/mol. The van der Waals surface area contributed by atoms with E-state index < -0.39 is 9.84 Å². The minimum Gasteiger partial charge on any atom is -0.331 e. The van der Waals surface area contributed by atoms with Crippen molar-refractivity contribution in [2.24, 2.45) is 0 Å². The first-order chi connectivity index (χ1) is 11.3. The number of nitrogens with zero attached hydrogens (tertiary/aromatic N) is 2. The smallest absolute Gasteiger partial charge is 0.187 e. The van der Waals surface area contributed by atoms with Crippen LogP contribution in [0.4, 0.5) is 10.8 Å². The van der Waals surface area contributed by atoms with Gasteiger partial charge in [-0.3, -0.25) is 4.98 Å². The van der Waals surface area contributed by atoms with E-state index >= 15 is 0 Å². The van der Waals surface area contributed by atoms with Crippen LogP contribution in [0.2, 0.25) is 5.02 Å². The summed E-state index contributed by atoms with van der Waals surface area (Å²) in [6.07, 6.45) is 2.88.